The molecule has 1 fully saturated rings. The number of carbonyl (C=O) groups is 1. The smallest absolute Gasteiger partial charge is 0.287 e. The van der Waals surface area contributed by atoms with Crippen molar-refractivity contribution in [3.63, 3.8) is 0 Å². The van der Waals surface area contributed by atoms with Gasteiger partial charge in [-0.15, -0.1) is 0 Å². The first kappa shape index (κ1) is 17.7. The maximum atomic E-state index is 12.1. The van der Waals surface area contributed by atoms with Crippen molar-refractivity contribution in [2.24, 2.45) is 5.14 Å². The molecule has 1 aliphatic rings. The van der Waals surface area contributed by atoms with Gasteiger partial charge in [-0.05, 0) is 37.1 Å². The third kappa shape index (κ3) is 4.47. The number of nitrogens with one attached hydrogen (secondary N) is 1. The highest BCUT2D eigenvalue weighted by molar-refractivity contribution is 7.89. The number of nitrogens with two attached hydrogens (primary N) is 1. The minimum absolute atomic E-state index is 0.0587. The van der Waals surface area contributed by atoms with Crippen molar-refractivity contribution in [3.05, 3.63) is 53.8 Å². The number of benzene rings is 1. The number of sulfonamides is 1. The minimum atomic E-state index is -3.94. The first-order valence-electron chi connectivity index (χ1n) is 8.12. The third-order valence-electron chi connectivity index (χ3n) is 4.31. The molecule has 1 atom stereocenters. The van der Waals surface area contributed by atoms with Crippen LogP contribution in [-0.4, -0.2) is 38.4 Å². The predicted octanol–water partition coefficient (Wildman–Crippen LogP) is 1.32. The summed E-state index contributed by atoms with van der Waals surface area (Å²) in [5.41, 5.74) is 1.24. The van der Waals surface area contributed by atoms with Gasteiger partial charge in [0.15, 0.2) is 5.76 Å². The molecule has 1 amide bonds. The van der Waals surface area contributed by atoms with Crippen LogP contribution in [0.3, 0.4) is 0 Å². The Hall–Kier alpha value is -2.16. The molecule has 0 aliphatic carbocycles. The molecule has 0 bridgehead atoms. The van der Waals surface area contributed by atoms with Gasteiger partial charge >= 0.3 is 0 Å². The average Bonchev–Trinajstić information content (AvgIpc) is 3.23. The number of likely N-dealkylation sites (tertiary alicyclic amines) is 1. The van der Waals surface area contributed by atoms with E-state index in [4.69, 9.17) is 9.56 Å². The van der Waals surface area contributed by atoms with E-state index in [0.29, 0.717) is 6.54 Å². The lowest BCUT2D eigenvalue weighted by Crippen LogP contribution is -2.39. The Balaban J connectivity index is 1.57. The van der Waals surface area contributed by atoms with Gasteiger partial charge in [-0.25, -0.2) is 13.6 Å². The highest BCUT2D eigenvalue weighted by Gasteiger charge is 2.25. The fourth-order valence-electron chi connectivity index (χ4n) is 3.05. The molecule has 0 saturated carbocycles. The van der Waals surface area contributed by atoms with E-state index in [-0.39, 0.29) is 11.8 Å². The summed E-state index contributed by atoms with van der Waals surface area (Å²) in [5.74, 6) is -0.502. The molecule has 1 unspecified atom stereocenters. The van der Waals surface area contributed by atoms with Crippen LogP contribution in [0.5, 0.6) is 0 Å². The van der Waals surface area contributed by atoms with E-state index >= 15 is 0 Å². The van der Waals surface area contributed by atoms with Crippen LogP contribution in [-0.2, 0) is 16.6 Å². The average molecular weight is 363 g/mol. The van der Waals surface area contributed by atoms with Crippen LogP contribution in [0.1, 0.15) is 29.0 Å². The first-order valence-corrected chi connectivity index (χ1v) is 9.67. The lowest BCUT2D eigenvalue weighted by Gasteiger charge is -2.24. The lowest BCUT2D eigenvalue weighted by molar-refractivity contribution is 0.0907. The van der Waals surface area contributed by atoms with Gasteiger partial charge in [0.05, 0.1) is 0 Å². The van der Waals surface area contributed by atoms with Crippen LogP contribution in [0.2, 0.25) is 0 Å². The number of carbonyl (C=O) groups excluding carboxylic acids is 1. The molecule has 1 saturated heterocycles. The summed E-state index contributed by atoms with van der Waals surface area (Å²) in [5, 5.41) is 7.37. The van der Waals surface area contributed by atoms with Gasteiger partial charge in [-0.1, -0.05) is 30.3 Å². The number of rotatable bonds is 6. The van der Waals surface area contributed by atoms with E-state index in [0.717, 1.165) is 25.9 Å². The number of nitrogens with zero attached hydrogens (tertiary/aromatic N) is 1. The number of furan rings is 1. The third-order valence-corrected chi connectivity index (χ3v) is 5.09. The summed E-state index contributed by atoms with van der Waals surface area (Å²) in [6.45, 7) is 2.32. The van der Waals surface area contributed by atoms with Crippen molar-refractivity contribution in [2.45, 2.75) is 30.5 Å². The molecule has 7 nitrogen and oxygen atoms in total. The predicted molar refractivity (Wildman–Crippen MR) is 92.3 cm³/mol. The molecule has 3 rings (SSSR count). The normalized spacial score (nSPS) is 18.4. The van der Waals surface area contributed by atoms with E-state index in [9.17, 15) is 13.2 Å². The fraction of sp³-hybridized carbons (Fsp3) is 0.353. The van der Waals surface area contributed by atoms with Crippen LogP contribution in [0.15, 0.2) is 52.0 Å². The molecule has 25 heavy (non-hydrogen) atoms. The minimum Gasteiger partial charge on any atom is -0.438 e. The monoisotopic (exact) mass is 363 g/mol. The second-order valence-corrected chi connectivity index (χ2v) is 7.62. The van der Waals surface area contributed by atoms with Crippen LogP contribution in [0, 0.1) is 0 Å². The second-order valence-electron chi connectivity index (χ2n) is 6.13. The molecule has 8 heteroatoms. The zero-order chi connectivity index (χ0) is 17.9. The van der Waals surface area contributed by atoms with Crippen molar-refractivity contribution < 1.29 is 17.6 Å². The van der Waals surface area contributed by atoms with Gasteiger partial charge in [0.1, 0.15) is 0 Å². The maximum Gasteiger partial charge on any atom is 0.287 e. The number of amides is 1. The molecule has 1 aromatic heterocycles. The highest BCUT2D eigenvalue weighted by atomic mass is 32.2. The summed E-state index contributed by atoms with van der Waals surface area (Å²) >= 11 is 0. The molecule has 1 aromatic carbocycles. The zero-order valence-electron chi connectivity index (χ0n) is 13.7. The van der Waals surface area contributed by atoms with Crippen molar-refractivity contribution in [1.82, 2.24) is 10.2 Å². The molecule has 2 heterocycles. The Morgan fingerprint density at radius 1 is 1.24 bits per heavy atom. The Kier molecular flexibility index (Phi) is 5.22. The Morgan fingerprint density at radius 3 is 2.68 bits per heavy atom. The van der Waals surface area contributed by atoms with Gasteiger partial charge in [-0.2, -0.15) is 0 Å². The summed E-state index contributed by atoms with van der Waals surface area (Å²) in [6.07, 6.45) is 2.09. The summed E-state index contributed by atoms with van der Waals surface area (Å²) < 4.78 is 27.4. The van der Waals surface area contributed by atoms with Crippen molar-refractivity contribution >= 4 is 15.9 Å². The van der Waals surface area contributed by atoms with Gasteiger partial charge in [0.25, 0.3) is 15.9 Å². The van der Waals surface area contributed by atoms with Crippen LogP contribution in [0.25, 0.3) is 0 Å². The van der Waals surface area contributed by atoms with E-state index in [1.165, 1.54) is 17.7 Å². The highest BCUT2D eigenvalue weighted by Crippen LogP contribution is 2.20. The second kappa shape index (κ2) is 7.38. The molecule has 1 aliphatic heterocycles. The number of hydrogen-bond donors (Lipinski definition) is 2. The van der Waals surface area contributed by atoms with Crippen LogP contribution in [0.4, 0.5) is 0 Å². The Bertz CT molecular complexity index is 833. The summed E-state index contributed by atoms with van der Waals surface area (Å²) in [6, 6.07) is 12.9. The van der Waals surface area contributed by atoms with Crippen molar-refractivity contribution in [2.75, 3.05) is 13.1 Å². The largest absolute Gasteiger partial charge is 0.438 e. The zero-order valence-corrected chi connectivity index (χ0v) is 14.5. The molecule has 0 radical (unpaired) electrons. The molecular formula is C17H21N3O4S. The number of primary sulfonamides is 1. The van der Waals surface area contributed by atoms with E-state index in [2.05, 4.69) is 22.3 Å². The maximum absolute atomic E-state index is 12.1. The summed E-state index contributed by atoms with van der Waals surface area (Å²) in [7, 11) is -3.94. The van der Waals surface area contributed by atoms with Gasteiger partial charge in [0, 0.05) is 19.1 Å². The standard InChI is InChI=1S/C17H21N3O4S/c18-25(22,23)16-9-8-15(24-16)17(21)19-11-14-7-4-10-20(14)12-13-5-2-1-3-6-13/h1-3,5-6,8-9,14H,4,7,10-12H2,(H,19,21)(H2,18,22,23). The van der Waals surface area contributed by atoms with Gasteiger partial charge in [-0.3, -0.25) is 9.69 Å². The molecule has 0 spiro atoms. The molecule has 3 N–H and O–H groups in total. The molecule has 134 valence electrons. The Labute approximate surface area is 146 Å². The molecule has 2 aromatic rings. The van der Waals surface area contributed by atoms with E-state index < -0.39 is 21.0 Å². The summed E-state index contributed by atoms with van der Waals surface area (Å²) in [4.78, 5) is 14.5. The fourth-order valence-corrected chi connectivity index (χ4v) is 3.51. The quantitative estimate of drug-likeness (QED) is 0.805. The topological polar surface area (TPSA) is 106 Å². The van der Waals surface area contributed by atoms with E-state index in [1.807, 2.05) is 18.2 Å². The van der Waals surface area contributed by atoms with Gasteiger partial charge in [0.2, 0.25) is 5.09 Å². The first-order chi connectivity index (χ1) is 11.9. The van der Waals surface area contributed by atoms with Gasteiger partial charge < -0.3 is 9.73 Å². The number of hydrogen-bond acceptors (Lipinski definition) is 5. The van der Waals surface area contributed by atoms with Crippen LogP contribution >= 0.6 is 0 Å². The molecular weight excluding hydrogens is 342 g/mol. The van der Waals surface area contributed by atoms with Crippen molar-refractivity contribution in [3.8, 4) is 0 Å². The van der Waals surface area contributed by atoms with E-state index in [1.54, 1.807) is 0 Å². The lowest BCUT2D eigenvalue weighted by atomic mass is 10.2. The van der Waals surface area contributed by atoms with Crippen LogP contribution < -0.4 is 10.5 Å². The Morgan fingerprint density at radius 2 is 2.00 bits per heavy atom. The van der Waals surface area contributed by atoms with Crippen molar-refractivity contribution in [1.29, 1.82) is 0 Å². The SMILES string of the molecule is NS(=O)(=O)c1ccc(C(=O)NCC2CCCN2Cc2ccccc2)o1.